The lowest BCUT2D eigenvalue weighted by molar-refractivity contribution is -0.140. The molecule has 5 nitrogen and oxygen atoms in total. The van der Waals surface area contributed by atoms with Gasteiger partial charge in [-0.2, -0.15) is 0 Å². The van der Waals surface area contributed by atoms with Crippen LogP contribution in [0.5, 0.6) is 5.75 Å². The molecular weight excluding hydrogens is 327 g/mol. The van der Waals surface area contributed by atoms with Gasteiger partial charge in [0.25, 0.3) is 5.91 Å². The van der Waals surface area contributed by atoms with Crippen molar-refractivity contribution in [3.8, 4) is 5.75 Å². The molecule has 2 rings (SSSR count). The van der Waals surface area contributed by atoms with Gasteiger partial charge in [-0.05, 0) is 31.9 Å². The Morgan fingerprint density at radius 3 is 2.55 bits per heavy atom. The van der Waals surface area contributed by atoms with E-state index in [0.29, 0.717) is 36.7 Å². The Morgan fingerprint density at radius 1 is 1.32 bits per heavy atom. The number of nitrogens with zero attached hydrogens (tertiary/aromatic N) is 1. The van der Waals surface area contributed by atoms with E-state index in [2.05, 4.69) is 0 Å². The Kier molecular flexibility index (Phi) is 5.53. The first-order valence-corrected chi connectivity index (χ1v) is 7.84. The van der Waals surface area contributed by atoms with Crippen LogP contribution in [0, 0.1) is 5.92 Å². The number of hydrogen-bond donors (Lipinski definition) is 1. The van der Waals surface area contributed by atoms with Crippen LogP contribution in [0.1, 0.15) is 19.8 Å². The Balaban J connectivity index is 1.95. The number of hydrogen-bond acceptors (Lipinski definition) is 3. The minimum absolute atomic E-state index is 0.140. The molecule has 1 aromatic carbocycles. The van der Waals surface area contributed by atoms with Crippen LogP contribution in [0.4, 0.5) is 0 Å². The van der Waals surface area contributed by atoms with Gasteiger partial charge in [0.05, 0.1) is 5.02 Å². The first-order chi connectivity index (χ1) is 10.4. The maximum Gasteiger partial charge on any atom is 0.263 e. The number of amides is 2. The molecule has 0 bridgehead atoms. The van der Waals surface area contributed by atoms with Crippen molar-refractivity contribution in [3.63, 3.8) is 0 Å². The van der Waals surface area contributed by atoms with Crippen LogP contribution in [0.3, 0.4) is 0 Å². The summed E-state index contributed by atoms with van der Waals surface area (Å²) in [5.74, 6) is -0.217. The van der Waals surface area contributed by atoms with E-state index >= 15 is 0 Å². The molecule has 0 aromatic heterocycles. The summed E-state index contributed by atoms with van der Waals surface area (Å²) < 4.78 is 5.62. The summed E-state index contributed by atoms with van der Waals surface area (Å²) in [5.41, 5.74) is 5.29. The zero-order valence-corrected chi connectivity index (χ0v) is 13.7. The second-order valence-electron chi connectivity index (χ2n) is 5.31. The highest BCUT2D eigenvalue weighted by atomic mass is 35.5. The van der Waals surface area contributed by atoms with Gasteiger partial charge in [-0.1, -0.05) is 29.3 Å². The maximum atomic E-state index is 12.4. The topological polar surface area (TPSA) is 72.6 Å². The molecule has 1 heterocycles. The highest BCUT2D eigenvalue weighted by molar-refractivity contribution is 6.42. The molecule has 1 unspecified atom stereocenters. The van der Waals surface area contributed by atoms with Gasteiger partial charge in [-0.25, -0.2) is 0 Å². The van der Waals surface area contributed by atoms with Crippen molar-refractivity contribution in [2.45, 2.75) is 25.9 Å². The van der Waals surface area contributed by atoms with Crippen LogP contribution in [0.25, 0.3) is 0 Å². The molecule has 1 atom stereocenters. The molecule has 0 saturated carbocycles. The zero-order chi connectivity index (χ0) is 16.3. The number of likely N-dealkylation sites (tertiary alicyclic amines) is 1. The maximum absolute atomic E-state index is 12.4. The molecule has 2 N–H and O–H groups in total. The molecular formula is C15H18Cl2N2O3. The number of rotatable bonds is 4. The molecule has 7 heteroatoms. The average molecular weight is 345 g/mol. The van der Waals surface area contributed by atoms with Crippen molar-refractivity contribution in [1.82, 2.24) is 4.90 Å². The number of carbonyl (C=O) groups is 2. The van der Waals surface area contributed by atoms with E-state index in [1.165, 1.54) is 0 Å². The van der Waals surface area contributed by atoms with Crippen molar-refractivity contribution in [1.29, 1.82) is 0 Å². The van der Waals surface area contributed by atoms with Crippen LogP contribution < -0.4 is 10.5 Å². The van der Waals surface area contributed by atoms with E-state index in [1.807, 2.05) is 0 Å². The normalized spacial score (nSPS) is 17.1. The fourth-order valence-corrected chi connectivity index (χ4v) is 2.79. The third-order valence-corrected chi connectivity index (χ3v) is 4.58. The van der Waals surface area contributed by atoms with Crippen LogP contribution >= 0.6 is 23.2 Å². The Labute approximate surface area is 139 Å². The quantitative estimate of drug-likeness (QED) is 0.911. The van der Waals surface area contributed by atoms with Gasteiger partial charge in [0, 0.05) is 19.0 Å². The van der Waals surface area contributed by atoms with Crippen molar-refractivity contribution in [2.24, 2.45) is 11.7 Å². The summed E-state index contributed by atoms with van der Waals surface area (Å²) in [6.45, 7) is 2.67. The number of primary amides is 1. The van der Waals surface area contributed by atoms with Crippen molar-refractivity contribution in [2.75, 3.05) is 13.1 Å². The summed E-state index contributed by atoms with van der Waals surface area (Å²) in [6, 6.07) is 5.02. The SMILES string of the molecule is CC(Oc1cccc(Cl)c1Cl)C(=O)N1CCC(C(N)=O)CC1. The fourth-order valence-electron chi connectivity index (χ4n) is 2.46. The van der Waals surface area contributed by atoms with Gasteiger partial charge in [0.1, 0.15) is 10.8 Å². The smallest absolute Gasteiger partial charge is 0.263 e. The molecule has 0 radical (unpaired) electrons. The summed E-state index contributed by atoms with van der Waals surface area (Å²) in [7, 11) is 0. The molecule has 2 amide bonds. The van der Waals surface area contributed by atoms with Gasteiger partial charge >= 0.3 is 0 Å². The second-order valence-corrected chi connectivity index (χ2v) is 6.10. The first kappa shape index (κ1) is 16.9. The number of halogens is 2. The number of benzene rings is 1. The van der Waals surface area contributed by atoms with E-state index in [0.717, 1.165) is 0 Å². The predicted molar refractivity (Wildman–Crippen MR) is 85.1 cm³/mol. The van der Waals surface area contributed by atoms with Crippen molar-refractivity contribution >= 4 is 35.0 Å². The van der Waals surface area contributed by atoms with Gasteiger partial charge in [-0.15, -0.1) is 0 Å². The molecule has 22 heavy (non-hydrogen) atoms. The van der Waals surface area contributed by atoms with Crippen LogP contribution in [-0.2, 0) is 9.59 Å². The Hall–Kier alpha value is -1.46. The summed E-state index contributed by atoms with van der Waals surface area (Å²) in [6.07, 6.45) is 0.498. The molecule has 0 spiro atoms. The number of piperidine rings is 1. The Bertz CT molecular complexity index is 572. The summed E-state index contributed by atoms with van der Waals surface area (Å²) in [4.78, 5) is 25.2. The third-order valence-electron chi connectivity index (χ3n) is 3.78. The lowest BCUT2D eigenvalue weighted by Gasteiger charge is -2.32. The van der Waals surface area contributed by atoms with E-state index in [4.69, 9.17) is 33.7 Å². The molecule has 1 aromatic rings. The zero-order valence-electron chi connectivity index (χ0n) is 12.2. The lowest BCUT2D eigenvalue weighted by Crippen LogP contribution is -2.46. The number of ether oxygens (including phenoxy) is 1. The van der Waals surface area contributed by atoms with Gasteiger partial charge < -0.3 is 15.4 Å². The number of carbonyl (C=O) groups excluding carboxylic acids is 2. The Morgan fingerprint density at radius 2 is 1.95 bits per heavy atom. The van der Waals surface area contributed by atoms with E-state index < -0.39 is 6.10 Å². The number of nitrogens with two attached hydrogens (primary N) is 1. The lowest BCUT2D eigenvalue weighted by atomic mass is 9.96. The summed E-state index contributed by atoms with van der Waals surface area (Å²) >= 11 is 12.0. The minimum Gasteiger partial charge on any atom is -0.479 e. The molecule has 0 aliphatic carbocycles. The molecule has 1 saturated heterocycles. The van der Waals surface area contributed by atoms with E-state index in [1.54, 1.807) is 30.0 Å². The largest absolute Gasteiger partial charge is 0.479 e. The summed E-state index contributed by atoms with van der Waals surface area (Å²) in [5, 5.41) is 0.664. The highest BCUT2D eigenvalue weighted by Gasteiger charge is 2.29. The van der Waals surface area contributed by atoms with E-state index in [9.17, 15) is 9.59 Å². The first-order valence-electron chi connectivity index (χ1n) is 7.09. The van der Waals surface area contributed by atoms with Gasteiger partial charge in [0.15, 0.2) is 6.10 Å². The van der Waals surface area contributed by atoms with Crippen molar-refractivity contribution in [3.05, 3.63) is 28.2 Å². The fraction of sp³-hybridized carbons (Fsp3) is 0.467. The highest BCUT2D eigenvalue weighted by Crippen LogP contribution is 2.32. The molecule has 1 aliphatic heterocycles. The van der Waals surface area contributed by atoms with Crippen molar-refractivity contribution < 1.29 is 14.3 Å². The standard InChI is InChI=1S/C15H18Cl2N2O3/c1-9(22-12-4-2-3-11(16)13(12)17)15(21)19-7-5-10(6-8-19)14(18)20/h2-4,9-10H,5-8H2,1H3,(H2,18,20). The minimum atomic E-state index is -0.680. The average Bonchev–Trinajstić information content (AvgIpc) is 2.51. The van der Waals surface area contributed by atoms with Gasteiger partial charge in [0.2, 0.25) is 5.91 Å². The molecule has 120 valence electrons. The van der Waals surface area contributed by atoms with Gasteiger partial charge in [-0.3, -0.25) is 9.59 Å². The second kappa shape index (κ2) is 7.20. The van der Waals surface area contributed by atoms with E-state index in [-0.39, 0.29) is 22.8 Å². The molecule has 1 aliphatic rings. The third kappa shape index (κ3) is 3.84. The molecule has 1 fully saturated rings. The van der Waals surface area contributed by atoms with Crippen LogP contribution in [0.15, 0.2) is 18.2 Å². The van der Waals surface area contributed by atoms with Crippen LogP contribution in [-0.4, -0.2) is 35.9 Å². The monoisotopic (exact) mass is 344 g/mol. The predicted octanol–water partition coefficient (Wildman–Crippen LogP) is 2.48. The van der Waals surface area contributed by atoms with Crippen LogP contribution in [0.2, 0.25) is 10.0 Å².